The van der Waals surface area contributed by atoms with Gasteiger partial charge in [0.25, 0.3) is 0 Å². The van der Waals surface area contributed by atoms with Crippen molar-refractivity contribution < 1.29 is 42.5 Å². The number of benzene rings is 1. The van der Waals surface area contributed by atoms with E-state index in [1.54, 1.807) is 0 Å². The van der Waals surface area contributed by atoms with Crippen LogP contribution in [0.3, 0.4) is 0 Å². The molecular weight excluding hydrogens is 297 g/mol. The smallest absolute Gasteiger partial charge is 0.481 e. The molecule has 0 aliphatic carbocycles. The van der Waals surface area contributed by atoms with Crippen LogP contribution in [0, 0.1) is 5.92 Å². The van der Waals surface area contributed by atoms with Gasteiger partial charge in [0.1, 0.15) is 5.75 Å². The standard InChI is InChI=1S/C12H9F3O6/c13-12(14,15)21-7-3-1-6(2-4-7)9(16)5-8(10(17)18)11(19)20/h1-4,8H,5H2,(H,17,18)(H,19,20). The van der Waals surface area contributed by atoms with Crippen LogP contribution in [-0.4, -0.2) is 34.3 Å². The fourth-order valence-corrected chi connectivity index (χ4v) is 1.43. The number of carboxylic acid groups (broad SMARTS) is 2. The summed E-state index contributed by atoms with van der Waals surface area (Å²) in [4.78, 5) is 33.0. The van der Waals surface area contributed by atoms with Gasteiger partial charge in [-0.25, -0.2) is 0 Å². The summed E-state index contributed by atoms with van der Waals surface area (Å²) in [5.74, 6) is -6.63. The first-order valence-electron chi connectivity index (χ1n) is 5.45. The fourth-order valence-electron chi connectivity index (χ4n) is 1.43. The summed E-state index contributed by atoms with van der Waals surface area (Å²) in [6.45, 7) is 0. The molecule has 2 N–H and O–H groups in total. The van der Waals surface area contributed by atoms with Gasteiger partial charge >= 0.3 is 18.3 Å². The van der Waals surface area contributed by atoms with E-state index in [4.69, 9.17) is 10.2 Å². The Morgan fingerprint density at radius 2 is 1.52 bits per heavy atom. The van der Waals surface area contributed by atoms with Crippen molar-refractivity contribution in [2.24, 2.45) is 5.92 Å². The van der Waals surface area contributed by atoms with E-state index in [1.807, 2.05) is 0 Å². The SMILES string of the molecule is O=C(CC(C(=O)O)C(=O)O)c1ccc(OC(F)(F)F)cc1. The lowest BCUT2D eigenvalue weighted by Crippen LogP contribution is -2.26. The highest BCUT2D eigenvalue weighted by molar-refractivity contribution is 6.03. The quantitative estimate of drug-likeness (QED) is 0.615. The van der Waals surface area contributed by atoms with Crippen molar-refractivity contribution in [2.45, 2.75) is 12.8 Å². The van der Waals surface area contributed by atoms with Gasteiger partial charge in [0.05, 0.1) is 0 Å². The van der Waals surface area contributed by atoms with Crippen LogP contribution in [0.2, 0.25) is 0 Å². The molecule has 6 nitrogen and oxygen atoms in total. The van der Waals surface area contributed by atoms with Crippen LogP contribution in [0.15, 0.2) is 24.3 Å². The van der Waals surface area contributed by atoms with Crippen LogP contribution >= 0.6 is 0 Å². The summed E-state index contributed by atoms with van der Waals surface area (Å²) in [6, 6.07) is 3.73. The summed E-state index contributed by atoms with van der Waals surface area (Å²) in [5, 5.41) is 17.3. The summed E-state index contributed by atoms with van der Waals surface area (Å²) < 4.78 is 39.4. The van der Waals surface area contributed by atoms with Gasteiger partial charge in [-0.05, 0) is 24.3 Å². The van der Waals surface area contributed by atoms with Crippen molar-refractivity contribution in [3.63, 3.8) is 0 Å². The lowest BCUT2D eigenvalue weighted by Gasteiger charge is -2.09. The average molecular weight is 306 g/mol. The van der Waals surface area contributed by atoms with Gasteiger partial charge in [-0.15, -0.1) is 13.2 Å². The minimum atomic E-state index is -4.87. The first kappa shape index (κ1) is 16.5. The lowest BCUT2D eigenvalue weighted by atomic mass is 9.98. The second-order valence-electron chi connectivity index (χ2n) is 3.93. The Labute approximate surface area is 115 Å². The Morgan fingerprint density at radius 1 is 1.05 bits per heavy atom. The summed E-state index contributed by atoms with van der Waals surface area (Å²) in [7, 11) is 0. The predicted molar refractivity (Wildman–Crippen MR) is 60.8 cm³/mol. The zero-order valence-corrected chi connectivity index (χ0v) is 10.3. The molecule has 21 heavy (non-hydrogen) atoms. The number of carboxylic acids is 2. The van der Waals surface area contributed by atoms with Crippen molar-refractivity contribution in [3.8, 4) is 5.75 Å². The number of rotatable bonds is 6. The molecule has 0 saturated carbocycles. The molecular formula is C12H9F3O6. The Kier molecular flexibility index (Phi) is 4.90. The molecule has 0 fully saturated rings. The number of alkyl halides is 3. The Hall–Kier alpha value is -2.58. The normalized spacial score (nSPS) is 11.2. The second kappa shape index (κ2) is 6.25. The number of ketones is 1. The van der Waals surface area contributed by atoms with Gasteiger partial charge in [0.15, 0.2) is 11.7 Å². The molecule has 0 bridgehead atoms. The van der Waals surface area contributed by atoms with Crippen LogP contribution in [0.4, 0.5) is 13.2 Å². The molecule has 0 atom stereocenters. The molecule has 0 saturated heterocycles. The highest BCUT2D eigenvalue weighted by Crippen LogP contribution is 2.23. The molecule has 9 heteroatoms. The van der Waals surface area contributed by atoms with Crippen LogP contribution in [-0.2, 0) is 9.59 Å². The molecule has 0 amide bonds. The second-order valence-corrected chi connectivity index (χ2v) is 3.93. The van der Waals surface area contributed by atoms with Gasteiger partial charge in [0.2, 0.25) is 0 Å². The Bertz CT molecular complexity index is 535. The average Bonchev–Trinajstić information content (AvgIpc) is 2.33. The minimum absolute atomic E-state index is 0.114. The lowest BCUT2D eigenvalue weighted by molar-refractivity contribution is -0.274. The highest BCUT2D eigenvalue weighted by Gasteiger charge is 2.31. The Morgan fingerprint density at radius 3 is 1.90 bits per heavy atom. The molecule has 1 aromatic carbocycles. The van der Waals surface area contributed by atoms with Gasteiger partial charge in [-0.1, -0.05) is 0 Å². The van der Waals surface area contributed by atoms with Crippen molar-refractivity contribution in [1.82, 2.24) is 0 Å². The molecule has 0 unspecified atom stereocenters. The maximum absolute atomic E-state index is 11.9. The van der Waals surface area contributed by atoms with Gasteiger partial charge < -0.3 is 14.9 Å². The molecule has 114 valence electrons. The van der Waals surface area contributed by atoms with E-state index < -0.39 is 42.2 Å². The third-order valence-electron chi connectivity index (χ3n) is 2.40. The minimum Gasteiger partial charge on any atom is -0.481 e. The largest absolute Gasteiger partial charge is 0.573 e. The number of hydrogen-bond donors (Lipinski definition) is 2. The van der Waals surface area contributed by atoms with E-state index >= 15 is 0 Å². The number of hydrogen-bond acceptors (Lipinski definition) is 4. The first-order chi connectivity index (χ1) is 9.60. The Balaban J connectivity index is 2.80. The summed E-state index contributed by atoms with van der Waals surface area (Å²) in [6.07, 6.45) is -5.67. The van der Waals surface area contributed by atoms with Gasteiger partial charge in [-0.3, -0.25) is 14.4 Å². The molecule has 0 aliphatic rings. The van der Waals surface area contributed by atoms with Crippen LogP contribution in [0.1, 0.15) is 16.8 Å². The highest BCUT2D eigenvalue weighted by atomic mass is 19.4. The summed E-state index contributed by atoms with van der Waals surface area (Å²) >= 11 is 0. The maximum Gasteiger partial charge on any atom is 0.573 e. The molecule has 0 radical (unpaired) electrons. The number of aliphatic carboxylic acids is 2. The molecule has 1 aromatic rings. The van der Waals surface area contributed by atoms with E-state index in [2.05, 4.69) is 4.74 Å². The summed E-state index contributed by atoms with van der Waals surface area (Å²) in [5.41, 5.74) is -0.114. The van der Waals surface area contributed by atoms with Crippen molar-refractivity contribution in [3.05, 3.63) is 29.8 Å². The topological polar surface area (TPSA) is 101 Å². The number of carbonyl (C=O) groups excluding carboxylic acids is 1. The van der Waals surface area contributed by atoms with Crippen LogP contribution in [0.25, 0.3) is 0 Å². The van der Waals surface area contributed by atoms with E-state index in [0.29, 0.717) is 0 Å². The molecule has 0 aromatic heterocycles. The molecule has 0 spiro atoms. The zero-order chi connectivity index (χ0) is 16.2. The van der Waals surface area contributed by atoms with Crippen molar-refractivity contribution in [2.75, 3.05) is 0 Å². The third kappa shape index (κ3) is 5.13. The zero-order valence-electron chi connectivity index (χ0n) is 10.3. The fraction of sp³-hybridized carbons (Fsp3) is 0.250. The number of Topliss-reactive ketones (excluding diaryl/α,β-unsaturated/α-hetero) is 1. The van der Waals surface area contributed by atoms with Crippen molar-refractivity contribution in [1.29, 1.82) is 0 Å². The molecule has 0 aliphatic heterocycles. The third-order valence-corrected chi connectivity index (χ3v) is 2.40. The van der Waals surface area contributed by atoms with E-state index in [0.717, 1.165) is 24.3 Å². The predicted octanol–water partition coefficient (Wildman–Crippen LogP) is 1.94. The molecule has 0 heterocycles. The monoisotopic (exact) mass is 306 g/mol. The van der Waals surface area contributed by atoms with Crippen LogP contribution in [0.5, 0.6) is 5.75 Å². The number of halogens is 3. The van der Waals surface area contributed by atoms with Gasteiger partial charge in [-0.2, -0.15) is 0 Å². The maximum atomic E-state index is 11.9. The van der Waals surface area contributed by atoms with Gasteiger partial charge in [0, 0.05) is 12.0 Å². The van der Waals surface area contributed by atoms with E-state index in [1.165, 1.54) is 0 Å². The first-order valence-corrected chi connectivity index (χ1v) is 5.45. The van der Waals surface area contributed by atoms with E-state index in [9.17, 15) is 27.6 Å². The van der Waals surface area contributed by atoms with Crippen molar-refractivity contribution >= 4 is 17.7 Å². The number of carbonyl (C=O) groups is 3. The van der Waals surface area contributed by atoms with E-state index in [-0.39, 0.29) is 5.56 Å². The number of ether oxygens (including phenoxy) is 1. The molecule has 1 rings (SSSR count). The van der Waals surface area contributed by atoms with Crippen LogP contribution < -0.4 is 4.74 Å².